The quantitative estimate of drug-likeness (QED) is 0.572. The Balaban J connectivity index is 2.64. The first-order chi connectivity index (χ1) is 8.08. The minimum absolute atomic E-state index is 0.0781. The summed E-state index contributed by atoms with van der Waals surface area (Å²) in [5.74, 6) is -0.0707. The van der Waals surface area contributed by atoms with E-state index in [1.807, 2.05) is 0 Å². The van der Waals surface area contributed by atoms with Gasteiger partial charge in [0.1, 0.15) is 0 Å². The molecule has 0 amide bonds. The molecule has 0 aliphatic heterocycles. The van der Waals surface area contributed by atoms with E-state index >= 15 is 0 Å². The van der Waals surface area contributed by atoms with Crippen molar-refractivity contribution in [3.05, 3.63) is 34.4 Å². The summed E-state index contributed by atoms with van der Waals surface area (Å²) in [5, 5.41) is 10.8. The molecule has 8 heteroatoms. The highest BCUT2D eigenvalue weighted by molar-refractivity contribution is 5.68. The van der Waals surface area contributed by atoms with Crippen LogP contribution in [0.15, 0.2) is 24.3 Å². The molecule has 86 valence electrons. The number of nitrogen functional groups attached to an aromatic ring is 2. The third-order valence-electron chi connectivity index (χ3n) is 2.01. The lowest BCUT2D eigenvalue weighted by Crippen LogP contribution is -2.05. The zero-order chi connectivity index (χ0) is 12.4. The van der Waals surface area contributed by atoms with E-state index in [-0.39, 0.29) is 29.0 Å². The third kappa shape index (κ3) is 2.09. The first-order valence-corrected chi connectivity index (χ1v) is 4.59. The van der Waals surface area contributed by atoms with Crippen LogP contribution in [0.5, 0.6) is 0 Å². The maximum Gasteiger partial charge on any atom is 0.280 e. The molecule has 0 radical (unpaired) electrons. The first-order valence-electron chi connectivity index (χ1n) is 4.59. The molecule has 0 saturated carbocycles. The molecule has 1 heterocycles. The molecule has 0 fully saturated rings. The fourth-order valence-corrected chi connectivity index (χ4v) is 1.35. The molecule has 2 aromatic rings. The minimum atomic E-state index is -0.522. The highest BCUT2D eigenvalue weighted by Gasteiger charge is 2.17. The van der Waals surface area contributed by atoms with E-state index in [1.165, 1.54) is 12.1 Å². The molecular formula is C9H8N6O2. The molecular weight excluding hydrogens is 224 g/mol. The zero-order valence-electron chi connectivity index (χ0n) is 8.57. The molecule has 0 aliphatic carbocycles. The Labute approximate surface area is 95.5 Å². The highest BCUT2D eigenvalue weighted by atomic mass is 16.6. The number of nitro groups is 1. The van der Waals surface area contributed by atoms with E-state index in [1.54, 1.807) is 12.1 Å². The van der Waals surface area contributed by atoms with E-state index in [4.69, 9.17) is 11.5 Å². The number of nitrogens with zero attached hydrogens (tertiary/aromatic N) is 4. The summed E-state index contributed by atoms with van der Waals surface area (Å²) in [4.78, 5) is 21.5. The van der Waals surface area contributed by atoms with Crippen molar-refractivity contribution in [3.8, 4) is 11.4 Å². The number of para-hydroxylation sites is 1. The Bertz CT molecular complexity index is 565. The van der Waals surface area contributed by atoms with Crippen LogP contribution in [0, 0.1) is 10.1 Å². The third-order valence-corrected chi connectivity index (χ3v) is 2.01. The van der Waals surface area contributed by atoms with Gasteiger partial charge in [0.25, 0.3) is 5.69 Å². The maximum atomic E-state index is 10.8. The summed E-state index contributed by atoms with van der Waals surface area (Å²) in [6.45, 7) is 0. The van der Waals surface area contributed by atoms with Crippen molar-refractivity contribution >= 4 is 17.6 Å². The van der Waals surface area contributed by atoms with Crippen molar-refractivity contribution in [1.82, 2.24) is 15.0 Å². The number of nitrogens with two attached hydrogens (primary N) is 2. The average Bonchev–Trinajstić information content (AvgIpc) is 2.27. The zero-order valence-corrected chi connectivity index (χ0v) is 8.57. The van der Waals surface area contributed by atoms with E-state index in [0.717, 1.165) is 0 Å². The predicted molar refractivity (Wildman–Crippen MR) is 60.7 cm³/mol. The number of hydrogen-bond acceptors (Lipinski definition) is 7. The number of rotatable bonds is 2. The first kappa shape index (κ1) is 10.7. The van der Waals surface area contributed by atoms with Crippen LogP contribution >= 0.6 is 0 Å². The van der Waals surface area contributed by atoms with Crippen LogP contribution < -0.4 is 11.5 Å². The summed E-state index contributed by atoms with van der Waals surface area (Å²) in [6.07, 6.45) is 0. The lowest BCUT2D eigenvalue weighted by Gasteiger charge is -2.02. The summed E-state index contributed by atoms with van der Waals surface area (Å²) < 4.78 is 0. The average molecular weight is 232 g/mol. The molecule has 0 spiro atoms. The molecule has 1 aromatic heterocycles. The smallest absolute Gasteiger partial charge is 0.280 e. The SMILES string of the molecule is Nc1nc(N)nc(-c2ccccc2[N+](=O)[O-])n1. The van der Waals surface area contributed by atoms with Gasteiger partial charge in [-0.05, 0) is 6.07 Å². The van der Waals surface area contributed by atoms with Gasteiger partial charge in [-0.25, -0.2) is 0 Å². The van der Waals surface area contributed by atoms with Gasteiger partial charge in [0.15, 0.2) is 5.82 Å². The van der Waals surface area contributed by atoms with Crippen molar-refractivity contribution in [1.29, 1.82) is 0 Å². The van der Waals surface area contributed by atoms with Crippen molar-refractivity contribution in [3.63, 3.8) is 0 Å². The normalized spacial score (nSPS) is 10.1. The molecule has 1 aromatic carbocycles. The lowest BCUT2D eigenvalue weighted by molar-refractivity contribution is -0.384. The van der Waals surface area contributed by atoms with Crippen LogP contribution in [0.1, 0.15) is 0 Å². The summed E-state index contributed by atoms with van der Waals surface area (Å²) in [7, 11) is 0. The number of hydrogen-bond donors (Lipinski definition) is 2. The highest BCUT2D eigenvalue weighted by Crippen LogP contribution is 2.26. The van der Waals surface area contributed by atoms with Crippen molar-refractivity contribution in [2.24, 2.45) is 0 Å². The second-order valence-corrected chi connectivity index (χ2v) is 3.15. The maximum absolute atomic E-state index is 10.8. The number of aromatic nitrogens is 3. The molecule has 0 unspecified atom stereocenters. The number of anilines is 2. The molecule has 4 N–H and O–H groups in total. The van der Waals surface area contributed by atoms with Gasteiger partial charge in [-0.3, -0.25) is 10.1 Å². The Hall–Kier alpha value is -2.77. The fourth-order valence-electron chi connectivity index (χ4n) is 1.35. The molecule has 2 rings (SSSR count). The standard InChI is InChI=1S/C9H8N6O2/c10-8-12-7(13-9(11)14-8)5-3-1-2-4-6(5)15(16)17/h1-4H,(H4,10,11,12,13,14). The fraction of sp³-hybridized carbons (Fsp3) is 0. The Morgan fingerprint density at radius 3 is 2.24 bits per heavy atom. The largest absolute Gasteiger partial charge is 0.368 e. The van der Waals surface area contributed by atoms with Crippen LogP contribution in [0.3, 0.4) is 0 Å². The lowest BCUT2D eigenvalue weighted by atomic mass is 10.1. The van der Waals surface area contributed by atoms with Crippen LogP contribution in [0.4, 0.5) is 17.6 Å². The van der Waals surface area contributed by atoms with Gasteiger partial charge in [0, 0.05) is 6.07 Å². The molecule has 0 atom stereocenters. The van der Waals surface area contributed by atoms with E-state index in [9.17, 15) is 10.1 Å². The van der Waals surface area contributed by atoms with Gasteiger partial charge in [0.2, 0.25) is 11.9 Å². The van der Waals surface area contributed by atoms with Crippen molar-refractivity contribution in [2.75, 3.05) is 11.5 Å². The minimum Gasteiger partial charge on any atom is -0.368 e. The molecule has 0 saturated heterocycles. The van der Waals surface area contributed by atoms with Gasteiger partial charge >= 0.3 is 0 Å². The Morgan fingerprint density at radius 2 is 1.65 bits per heavy atom. The van der Waals surface area contributed by atoms with Gasteiger partial charge in [-0.1, -0.05) is 12.1 Å². The topological polar surface area (TPSA) is 134 Å². The van der Waals surface area contributed by atoms with E-state index < -0.39 is 4.92 Å². The molecule has 17 heavy (non-hydrogen) atoms. The van der Waals surface area contributed by atoms with Crippen molar-refractivity contribution in [2.45, 2.75) is 0 Å². The second-order valence-electron chi connectivity index (χ2n) is 3.15. The monoisotopic (exact) mass is 232 g/mol. The molecule has 0 aliphatic rings. The van der Waals surface area contributed by atoms with Gasteiger partial charge in [-0.15, -0.1) is 0 Å². The van der Waals surface area contributed by atoms with Crippen LogP contribution in [-0.4, -0.2) is 19.9 Å². The Morgan fingerprint density at radius 1 is 1.06 bits per heavy atom. The number of nitro benzene ring substituents is 1. The van der Waals surface area contributed by atoms with E-state index in [2.05, 4.69) is 15.0 Å². The second kappa shape index (κ2) is 4.00. The predicted octanol–water partition coefficient (Wildman–Crippen LogP) is 0.611. The van der Waals surface area contributed by atoms with Crippen LogP contribution in [0.25, 0.3) is 11.4 Å². The van der Waals surface area contributed by atoms with Crippen molar-refractivity contribution < 1.29 is 4.92 Å². The van der Waals surface area contributed by atoms with Crippen LogP contribution in [0.2, 0.25) is 0 Å². The molecule has 0 bridgehead atoms. The number of benzene rings is 1. The van der Waals surface area contributed by atoms with Gasteiger partial charge in [0.05, 0.1) is 10.5 Å². The van der Waals surface area contributed by atoms with E-state index in [0.29, 0.717) is 0 Å². The van der Waals surface area contributed by atoms with Gasteiger partial charge in [-0.2, -0.15) is 15.0 Å². The Kier molecular flexibility index (Phi) is 2.53. The van der Waals surface area contributed by atoms with Crippen LogP contribution in [-0.2, 0) is 0 Å². The molecule has 8 nitrogen and oxygen atoms in total. The summed E-state index contributed by atoms with van der Waals surface area (Å²) in [5.41, 5.74) is 11.0. The van der Waals surface area contributed by atoms with Gasteiger partial charge < -0.3 is 11.5 Å². The summed E-state index contributed by atoms with van der Waals surface area (Å²) >= 11 is 0. The summed E-state index contributed by atoms with van der Waals surface area (Å²) in [6, 6.07) is 6.06.